The van der Waals surface area contributed by atoms with E-state index in [4.69, 9.17) is 0 Å². The Morgan fingerprint density at radius 2 is 1.50 bits per heavy atom. The van der Waals surface area contributed by atoms with Crippen LogP contribution in [-0.2, 0) is 9.59 Å². The van der Waals surface area contributed by atoms with Crippen molar-refractivity contribution in [2.75, 3.05) is 0 Å². The van der Waals surface area contributed by atoms with E-state index in [1.165, 1.54) is 13.8 Å². The summed E-state index contributed by atoms with van der Waals surface area (Å²) in [6.07, 6.45) is -2.82. The third-order valence-corrected chi connectivity index (χ3v) is 2.37. The van der Waals surface area contributed by atoms with Crippen molar-refractivity contribution < 1.29 is 19.8 Å². The highest BCUT2D eigenvalue weighted by atomic mass is 16.3. The molecule has 4 heteroatoms. The quantitative estimate of drug-likeness (QED) is 0.473. The van der Waals surface area contributed by atoms with Gasteiger partial charge >= 0.3 is 0 Å². The summed E-state index contributed by atoms with van der Waals surface area (Å²) in [7, 11) is 0. The average molecular weight is 172 g/mol. The lowest BCUT2D eigenvalue weighted by Gasteiger charge is -2.37. The van der Waals surface area contributed by atoms with Crippen molar-refractivity contribution in [3.05, 3.63) is 0 Å². The zero-order valence-corrected chi connectivity index (χ0v) is 7.07. The third kappa shape index (κ3) is 1.17. The number of hydrogen-bond donors (Lipinski definition) is 2. The Morgan fingerprint density at radius 3 is 1.83 bits per heavy atom. The van der Waals surface area contributed by atoms with Crippen LogP contribution in [0.4, 0.5) is 0 Å². The van der Waals surface area contributed by atoms with E-state index in [0.29, 0.717) is 0 Å². The molecule has 1 rings (SSSR count). The molecule has 0 radical (unpaired) electrons. The first kappa shape index (κ1) is 9.35. The SMILES string of the molecule is CC1(C)C(O)C(=O)CC(=O)C1O. The monoisotopic (exact) mass is 172 g/mol. The first-order chi connectivity index (χ1) is 5.37. The highest BCUT2D eigenvalue weighted by Crippen LogP contribution is 2.31. The van der Waals surface area contributed by atoms with Crippen LogP contribution in [0.25, 0.3) is 0 Å². The number of carbonyl (C=O) groups is 2. The number of ketones is 2. The zero-order valence-electron chi connectivity index (χ0n) is 7.07. The Labute approximate surface area is 70.2 Å². The van der Waals surface area contributed by atoms with E-state index in [-0.39, 0.29) is 6.42 Å². The van der Waals surface area contributed by atoms with Crippen LogP contribution < -0.4 is 0 Å². The second-order valence-corrected chi connectivity index (χ2v) is 3.74. The van der Waals surface area contributed by atoms with Gasteiger partial charge in [0.15, 0.2) is 11.6 Å². The Hall–Kier alpha value is -0.740. The second kappa shape index (κ2) is 2.64. The van der Waals surface area contributed by atoms with Gasteiger partial charge in [-0.15, -0.1) is 0 Å². The minimum Gasteiger partial charge on any atom is -0.385 e. The fraction of sp³-hybridized carbons (Fsp3) is 0.750. The van der Waals surface area contributed by atoms with E-state index in [1.807, 2.05) is 0 Å². The van der Waals surface area contributed by atoms with Gasteiger partial charge < -0.3 is 10.2 Å². The van der Waals surface area contributed by atoms with E-state index in [1.54, 1.807) is 0 Å². The van der Waals surface area contributed by atoms with Crippen LogP contribution in [0.2, 0.25) is 0 Å². The third-order valence-electron chi connectivity index (χ3n) is 2.37. The van der Waals surface area contributed by atoms with Gasteiger partial charge in [0.1, 0.15) is 12.2 Å². The van der Waals surface area contributed by atoms with Gasteiger partial charge in [-0.05, 0) is 0 Å². The maximum atomic E-state index is 11.0. The molecule has 0 aliphatic heterocycles. The molecule has 0 aromatic carbocycles. The molecule has 0 bridgehead atoms. The summed E-state index contributed by atoms with van der Waals surface area (Å²) in [5.74, 6) is -1.01. The molecule has 2 unspecified atom stereocenters. The fourth-order valence-electron chi connectivity index (χ4n) is 1.34. The molecule has 0 aromatic heterocycles. The van der Waals surface area contributed by atoms with Crippen molar-refractivity contribution >= 4 is 11.6 Å². The molecule has 0 amide bonds. The van der Waals surface area contributed by atoms with Crippen LogP contribution in [-0.4, -0.2) is 34.0 Å². The lowest BCUT2D eigenvalue weighted by atomic mass is 9.71. The van der Waals surface area contributed by atoms with E-state index < -0.39 is 29.2 Å². The molecule has 2 N–H and O–H groups in total. The lowest BCUT2D eigenvalue weighted by molar-refractivity contribution is -0.158. The van der Waals surface area contributed by atoms with Crippen molar-refractivity contribution in [1.82, 2.24) is 0 Å². The summed E-state index contributed by atoms with van der Waals surface area (Å²) in [6.45, 7) is 2.99. The summed E-state index contributed by atoms with van der Waals surface area (Å²) < 4.78 is 0. The van der Waals surface area contributed by atoms with Crippen molar-refractivity contribution in [1.29, 1.82) is 0 Å². The van der Waals surface area contributed by atoms with Crippen LogP contribution >= 0.6 is 0 Å². The highest BCUT2D eigenvalue weighted by Gasteiger charge is 2.47. The minimum atomic E-state index is -1.23. The second-order valence-electron chi connectivity index (χ2n) is 3.74. The van der Waals surface area contributed by atoms with Gasteiger partial charge in [-0.2, -0.15) is 0 Å². The van der Waals surface area contributed by atoms with E-state index >= 15 is 0 Å². The van der Waals surface area contributed by atoms with Crippen LogP contribution in [0.3, 0.4) is 0 Å². The highest BCUT2D eigenvalue weighted by molar-refractivity contribution is 6.06. The van der Waals surface area contributed by atoms with Gasteiger partial charge in [-0.3, -0.25) is 9.59 Å². The van der Waals surface area contributed by atoms with Gasteiger partial charge in [-0.1, -0.05) is 13.8 Å². The lowest BCUT2D eigenvalue weighted by Crippen LogP contribution is -2.53. The average Bonchev–Trinajstić information content (AvgIpc) is 1.99. The molecule has 1 aliphatic rings. The molecule has 12 heavy (non-hydrogen) atoms. The summed E-state index contributed by atoms with van der Waals surface area (Å²) >= 11 is 0. The summed E-state index contributed by atoms with van der Waals surface area (Å²) in [4.78, 5) is 22.0. The number of hydrogen-bond acceptors (Lipinski definition) is 4. The molecule has 0 aromatic rings. The van der Waals surface area contributed by atoms with Crippen LogP contribution in [0.15, 0.2) is 0 Å². The Bertz CT molecular complexity index is 209. The van der Waals surface area contributed by atoms with Crippen LogP contribution in [0, 0.1) is 5.41 Å². The molecule has 1 aliphatic carbocycles. The van der Waals surface area contributed by atoms with Crippen molar-refractivity contribution in [3.63, 3.8) is 0 Å². The standard InChI is InChI=1S/C8H12O4/c1-8(2)6(11)4(9)3-5(10)7(8)12/h6-7,11-12H,3H2,1-2H3. The van der Waals surface area contributed by atoms with Gasteiger partial charge in [0.2, 0.25) is 0 Å². The molecule has 2 atom stereocenters. The predicted molar refractivity (Wildman–Crippen MR) is 40.4 cm³/mol. The molecule has 1 fully saturated rings. The van der Waals surface area contributed by atoms with Crippen LogP contribution in [0.1, 0.15) is 20.3 Å². The first-order valence-corrected chi connectivity index (χ1v) is 3.79. The van der Waals surface area contributed by atoms with Gasteiger partial charge in [-0.25, -0.2) is 0 Å². The Balaban J connectivity index is 2.97. The molecular weight excluding hydrogens is 160 g/mol. The molecular formula is C8H12O4. The summed E-state index contributed by atoms with van der Waals surface area (Å²) in [6, 6.07) is 0. The Morgan fingerprint density at radius 1 is 1.17 bits per heavy atom. The van der Waals surface area contributed by atoms with E-state index in [2.05, 4.69) is 0 Å². The predicted octanol–water partition coefficient (Wildman–Crippen LogP) is -0.724. The fourth-order valence-corrected chi connectivity index (χ4v) is 1.34. The molecule has 0 heterocycles. The zero-order chi connectivity index (χ0) is 9.52. The summed E-state index contributed by atoms with van der Waals surface area (Å²) in [5.41, 5.74) is -1.05. The van der Waals surface area contributed by atoms with Crippen molar-refractivity contribution in [3.8, 4) is 0 Å². The largest absolute Gasteiger partial charge is 0.385 e. The number of rotatable bonds is 0. The smallest absolute Gasteiger partial charge is 0.169 e. The van der Waals surface area contributed by atoms with Crippen LogP contribution in [0.5, 0.6) is 0 Å². The van der Waals surface area contributed by atoms with Gasteiger partial charge in [0, 0.05) is 5.41 Å². The first-order valence-electron chi connectivity index (χ1n) is 3.79. The molecule has 0 spiro atoms. The van der Waals surface area contributed by atoms with Crippen molar-refractivity contribution in [2.45, 2.75) is 32.5 Å². The number of Topliss-reactive ketones (excluding diaryl/α,β-unsaturated/α-hetero) is 2. The normalized spacial score (nSPS) is 35.3. The number of carbonyl (C=O) groups excluding carboxylic acids is 2. The maximum absolute atomic E-state index is 11.0. The molecule has 4 nitrogen and oxygen atoms in total. The minimum absolute atomic E-state index is 0.355. The maximum Gasteiger partial charge on any atom is 0.169 e. The molecule has 1 saturated carbocycles. The van der Waals surface area contributed by atoms with Gasteiger partial charge in [0.05, 0.1) is 6.42 Å². The van der Waals surface area contributed by atoms with E-state index in [9.17, 15) is 19.8 Å². The van der Waals surface area contributed by atoms with Crippen molar-refractivity contribution in [2.24, 2.45) is 5.41 Å². The molecule has 0 saturated heterocycles. The summed E-state index contributed by atoms with van der Waals surface area (Å²) in [5, 5.41) is 18.7. The van der Waals surface area contributed by atoms with Gasteiger partial charge in [0.25, 0.3) is 0 Å². The van der Waals surface area contributed by atoms with E-state index in [0.717, 1.165) is 0 Å². The molecule has 68 valence electrons. The number of aliphatic hydroxyl groups excluding tert-OH is 2. The Kier molecular flexibility index (Phi) is 2.06. The number of aliphatic hydroxyl groups is 2. The topological polar surface area (TPSA) is 74.6 Å².